The normalized spacial score (nSPS) is 21.9. The molecule has 0 saturated carbocycles. The van der Waals surface area contributed by atoms with Crippen molar-refractivity contribution in [3.05, 3.63) is 29.8 Å². The van der Waals surface area contributed by atoms with Crippen LogP contribution in [0.4, 0.5) is 0 Å². The summed E-state index contributed by atoms with van der Waals surface area (Å²) >= 11 is 0. The van der Waals surface area contributed by atoms with Gasteiger partial charge in [-0.15, -0.1) is 0 Å². The van der Waals surface area contributed by atoms with Crippen molar-refractivity contribution in [2.24, 2.45) is 0 Å². The smallest absolute Gasteiger partial charge is 0.124 e. The van der Waals surface area contributed by atoms with Gasteiger partial charge in [-0.1, -0.05) is 31.5 Å². The lowest BCUT2D eigenvalue weighted by Gasteiger charge is -2.39. The minimum absolute atomic E-state index is 0.129. The summed E-state index contributed by atoms with van der Waals surface area (Å²) in [5, 5.41) is 3.76. The Labute approximate surface area is 122 Å². The summed E-state index contributed by atoms with van der Waals surface area (Å²) in [7, 11) is 1.77. The number of methoxy groups -OCH3 is 1. The van der Waals surface area contributed by atoms with E-state index in [4.69, 9.17) is 9.47 Å². The zero-order valence-electron chi connectivity index (χ0n) is 13.1. The number of benzene rings is 1. The molecule has 1 aromatic rings. The van der Waals surface area contributed by atoms with Gasteiger partial charge in [-0.05, 0) is 26.3 Å². The average molecular weight is 277 g/mol. The fraction of sp³-hybridized carbons (Fsp3) is 0.647. The zero-order valence-corrected chi connectivity index (χ0v) is 13.1. The number of hydrogen-bond acceptors (Lipinski definition) is 3. The molecule has 0 fully saturated rings. The van der Waals surface area contributed by atoms with E-state index in [0.717, 1.165) is 31.6 Å². The summed E-state index contributed by atoms with van der Waals surface area (Å²) in [5.41, 5.74) is 1.14. The molecule has 0 spiro atoms. The average Bonchev–Trinajstić information content (AvgIpc) is 2.38. The molecular weight excluding hydrogens is 250 g/mol. The lowest BCUT2D eigenvalue weighted by molar-refractivity contribution is 0.0586. The van der Waals surface area contributed by atoms with Gasteiger partial charge in [0, 0.05) is 31.2 Å². The van der Waals surface area contributed by atoms with Gasteiger partial charge in [-0.2, -0.15) is 0 Å². The molecule has 1 aliphatic rings. The van der Waals surface area contributed by atoms with Gasteiger partial charge >= 0.3 is 0 Å². The van der Waals surface area contributed by atoms with Crippen LogP contribution in [0.1, 0.15) is 51.6 Å². The second-order valence-corrected chi connectivity index (χ2v) is 6.26. The van der Waals surface area contributed by atoms with E-state index < -0.39 is 0 Å². The number of nitrogens with one attached hydrogen (secondary N) is 1. The Kier molecular flexibility index (Phi) is 5.06. The van der Waals surface area contributed by atoms with Crippen molar-refractivity contribution in [3.63, 3.8) is 0 Å². The van der Waals surface area contributed by atoms with Gasteiger partial charge in [0.1, 0.15) is 11.4 Å². The molecule has 0 amide bonds. The summed E-state index contributed by atoms with van der Waals surface area (Å²) in [6.07, 6.45) is 3.27. The lowest BCUT2D eigenvalue weighted by Crippen LogP contribution is -2.44. The SMILES string of the molecule is CCCC(COC)NC1CC(C)(C)Oc2ccccc21. The van der Waals surface area contributed by atoms with E-state index in [1.165, 1.54) is 5.56 Å². The van der Waals surface area contributed by atoms with Gasteiger partial charge in [-0.3, -0.25) is 0 Å². The summed E-state index contributed by atoms with van der Waals surface area (Å²) in [6.45, 7) is 7.28. The molecule has 1 aromatic carbocycles. The molecule has 0 aliphatic carbocycles. The van der Waals surface area contributed by atoms with Crippen molar-refractivity contribution in [2.75, 3.05) is 13.7 Å². The predicted molar refractivity (Wildman–Crippen MR) is 82.2 cm³/mol. The molecule has 0 radical (unpaired) electrons. The predicted octanol–water partition coefficient (Wildman–Crippen LogP) is 3.69. The van der Waals surface area contributed by atoms with Crippen LogP contribution in [0.2, 0.25) is 0 Å². The van der Waals surface area contributed by atoms with Crippen LogP contribution in [-0.2, 0) is 4.74 Å². The molecular formula is C17H27NO2. The van der Waals surface area contributed by atoms with Gasteiger partial charge in [0.15, 0.2) is 0 Å². The van der Waals surface area contributed by atoms with Crippen LogP contribution < -0.4 is 10.1 Å². The van der Waals surface area contributed by atoms with Gasteiger partial charge in [0.25, 0.3) is 0 Å². The molecule has 3 heteroatoms. The molecule has 2 rings (SSSR count). The minimum atomic E-state index is -0.129. The molecule has 1 aliphatic heterocycles. The maximum atomic E-state index is 6.08. The van der Waals surface area contributed by atoms with Crippen molar-refractivity contribution in [1.82, 2.24) is 5.32 Å². The van der Waals surface area contributed by atoms with Gasteiger partial charge in [0.05, 0.1) is 6.61 Å². The highest BCUT2D eigenvalue weighted by atomic mass is 16.5. The van der Waals surface area contributed by atoms with Crippen LogP contribution in [0.5, 0.6) is 5.75 Å². The number of para-hydroxylation sites is 1. The van der Waals surface area contributed by atoms with E-state index in [2.05, 4.69) is 44.3 Å². The van der Waals surface area contributed by atoms with E-state index >= 15 is 0 Å². The number of ether oxygens (including phenoxy) is 2. The molecule has 3 nitrogen and oxygen atoms in total. The van der Waals surface area contributed by atoms with Crippen molar-refractivity contribution in [3.8, 4) is 5.75 Å². The maximum absolute atomic E-state index is 6.08. The first-order valence-electron chi connectivity index (χ1n) is 7.58. The first-order chi connectivity index (χ1) is 9.55. The lowest BCUT2D eigenvalue weighted by atomic mass is 9.89. The Hall–Kier alpha value is -1.06. The Morgan fingerprint density at radius 3 is 2.85 bits per heavy atom. The minimum Gasteiger partial charge on any atom is -0.487 e. The topological polar surface area (TPSA) is 30.5 Å². The standard InChI is InChI=1S/C17H27NO2/c1-5-8-13(12-19-4)18-15-11-17(2,3)20-16-10-7-6-9-14(15)16/h6-7,9-10,13,15,18H,5,8,11-12H2,1-4H3. The van der Waals surface area contributed by atoms with Crippen LogP contribution in [0.15, 0.2) is 24.3 Å². The highest BCUT2D eigenvalue weighted by Gasteiger charge is 2.34. The van der Waals surface area contributed by atoms with E-state index in [0.29, 0.717) is 12.1 Å². The molecule has 2 unspecified atom stereocenters. The second kappa shape index (κ2) is 6.59. The van der Waals surface area contributed by atoms with Crippen LogP contribution in [0.3, 0.4) is 0 Å². The molecule has 1 N–H and O–H groups in total. The highest BCUT2D eigenvalue weighted by Crippen LogP contribution is 2.39. The van der Waals surface area contributed by atoms with E-state index in [1.54, 1.807) is 7.11 Å². The molecule has 112 valence electrons. The summed E-state index contributed by atoms with van der Waals surface area (Å²) in [5.74, 6) is 1.01. The maximum Gasteiger partial charge on any atom is 0.124 e. The van der Waals surface area contributed by atoms with Crippen molar-refractivity contribution in [1.29, 1.82) is 0 Å². The van der Waals surface area contributed by atoms with Crippen molar-refractivity contribution >= 4 is 0 Å². The largest absolute Gasteiger partial charge is 0.487 e. The summed E-state index contributed by atoms with van der Waals surface area (Å²) in [6, 6.07) is 9.09. The molecule has 2 atom stereocenters. The third-order valence-corrected chi connectivity index (χ3v) is 3.82. The van der Waals surface area contributed by atoms with E-state index in [1.807, 2.05) is 6.07 Å². The Morgan fingerprint density at radius 1 is 1.40 bits per heavy atom. The fourth-order valence-electron chi connectivity index (χ4n) is 3.00. The van der Waals surface area contributed by atoms with Crippen molar-refractivity contribution in [2.45, 2.75) is 57.7 Å². The number of hydrogen-bond donors (Lipinski definition) is 1. The van der Waals surface area contributed by atoms with Crippen LogP contribution in [0, 0.1) is 0 Å². The van der Waals surface area contributed by atoms with Crippen LogP contribution >= 0.6 is 0 Å². The van der Waals surface area contributed by atoms with Gasteiger partial charge < -0.3 is 14.8 Å². The fourth-order valence-corrected chi connectivity index (χ4v) is 3.00. The summed E-state index contributed by atoms with van der Waals surface area (Å²) < 4.78 is 11.4. The third-order valence-electron chi connectivity index (χ3n) is 3.82. The third kappa shape index (κ3) is 3.74. The van der Waals surface area contributed by atoms with Gasteiger partial charge in [0.2, 0.25) is 0 Å². The molecule has 1 heterocycles. The van der Waals surface area contributed by atoms with Crippen LogP contribution in [0.25, 0.3) is 0 Å². The van der Waals surface area contributed by atoms with Crippen molar-refractivity contribution < 1.29 is 9.47 Å². The van der Waals surface area contributed by atoms with Crippen LogP contribution in [-0.4, -0.2) is 25.4 Å². The first-order valence-corrected chi connectivity index (χ1v) is 7.58. The molecule has 0 aromatic heterocycles. The van der Waals surface area contributed by atoms with E-state index in [9.17, 15) is 0 Å². The Morgan fingerprint density at radius 2 is 2.15 bits per heavy atom. The number of fused-ring (bicyclic) bond motifs is 1. The Balaban J connectivity index is 2.17. The highest BCUT2D eigenvalue weighted by molar-refractivity contribution is 5.38. The molecule has 20 heavy (non-hydrogen) atoms. The second-order valence-electron chi connectivity index (χ2n) is 6.26. The zero-order chi connectivity index (χ0) is 14.6. The summed E-state index contributed by atoms with van der Waals surface area (Å²) in [4.78, 5) is 0. The van der Waals surface area contributed by atoms with E-state index in [-0.39, 0.29) is 5.60 Å². The first kappa shape index (κ1) is 15.3. The Bertz CT molecular complexity index is 425. The molecule has 0 bridgehead atoms. The monoisotopic (exact) mass is 277 g/mol. The van der Waals surface area contributed by atoms with Gasteiger partial charge in [-0.25, -0.2) is 0 Å². The number of rotatable bonds is 6. The quantitative estimate of drug-likeness (QED) is 0.860. The molecule has 0 saturated heterocycles.